The summed E-state index contributed by atoms with van der Waals surface area (Å²) >= 11 is 0. The third kappa shape index (κ3) is 19.4. The SMILES string of the molecule is CCC(=O)NCC(F)COCCOCCOCCOCCNC(C)C. The number of alkyl halides is 1. The number of hydrogen-bond donors (Lipinski definition) is 2. The van der Waals surface area contributed by atoms with E-state index in [1.165, 1.54) is 0 Å². The zero-order chi connectivity index (χ0) is 18.8. The van der Waals surface area contributed by atoms with E-state index in [1.807, 2.05) is 0 Å². The van der Waals surface area contributed by atoms with Gasteiger partial charge >= 0.3 is 0 Å². The van der Waals surface area contributed by atoms with Crippen molar-refractivity contribution in [3.63, 3.8) is 0 Å². The lowest BCUT2D eigenvalue weighted by Crippen LogP contribution is -2.32. The van der Waals surface area contributed by atoms with Crippen molar-refractivity contribution in [2.75, 3.05) is 65.9 Å². The highest BCUT2D eigenvalue weighted by molar-refractivity contribution is 5.75. The first-order valence-corrected chi connectivity index (χ1v) is 9.01. The minimum atomic E-state index is -1.20. The van der Waals surface area contributed by atoms with Crippen molar-refractivity contribution in [3.05, 3.63) is 0 Å². The van der Waals surface area contributed by atoms with Crippen molar-refractivity contribution >= 4 is 5.91 Å². The molecule has 2 N–H and O–H groups in total. The summed E-state index contributed by atoms with van der Waals surface area (Å²) < 4.78 is 34.6. The number of nitrogens with one attached hydrogen (secondary N) is 2. The van der Waals surface area contributed by atoms with Crippen molar-refractivity contribution in [2.45, 2.75) is 39.4 Å². The van der Waals surface area contributed by atoms with Gasteiger partial charge in [0.05, 0.1) is 59.4 Å². The lowest BCUT2D eigenvalue weighted by atomic mass is 10.4. The fraction of sp³-hybridized carbons (Fsp3) is 0.941. The normalized spacial score (nSPS) is 12.5. The van der Waals surface area contributed by atoms with Crippen LogP contribution in [0.4, 0.5) is 4.39 Å². The number of ether oxygens (including phenoxy) is 4. The molecule has 0 aromatic rings. The minimum absolute atomic E-state index is 0.0169. The average Bonchev–Trinajstić information content (AvgIpc) is 2.59. The molecule has 0 saturated heterocycles. The van der Waals surface area contributed by atoms with Gasteiger partial charge in [0.25, 0.3) is 0 Å². The van der Waals surface area contributed by atoms with Crippen molar-refractivity contribution < 1.29 is 28.1 Å². The molecular formula is C17H35FN2O5. The molecule has 1 amide bonds. The van der Waals surface area contributed by atoms with Gasteiger partial charge in [-0.2, -0.15) is 0 Å². The van der Waals surface area contributed by atoms with E-state index in [0.29, 0.717) is 58.7 Å². The highest BCUT2D eigenvalue weighted by Crippen LogP contribution is 1.91. The summed E-state index contributed by atoms with van der Waals surface area (Å²) in [5.41, 5.74) is 0. The van der Waals surface area contributed by atoms with Crippen LogP contribution in [0, 0.1) is 0 Å². The van der Waals surface area contributed by atoms with Crippen LogP contribution in [0.5, 0.6) is 0 Å². The minimum Gasteiger partial charge on any atom is -0.378 e. The van der Waals surface area contributed by atoms with E-state index in [2.05, 4.69) is 24.5 Å². The molecule has 0 aliphatic carbocycles. The maximum absolute atomic E-state index is 13.3. The Morgan fingerprint density at radius 1 is 0.920 bits per heavy atom. The van der Waals surface area contributed by atoms with Crippen LogP contribution in [-0.4, -0.2) is 84.1 Å². The van der Waals surface area contributed by atoms with Gasteiger partial charge in [-0.15, -0.1) is 0 Å². The molecule has 0 bridgehead atoms. The van der Waals surface area contributed by atoms with Crippen molar-refractivity contribution in [2.24, 2.45) is 0 Å². The van der Waals surface area contributed by atoms with Gasteiger partial charge in [-0.3, -0.25) is 4.79 Å². The molecule has 0 spiro atoms. The fourth-order valence-electron chi connectivity index (χ4n) is 1.70. The molecule has 7 nitrogen and oxygen atoms in total. The molecule has 0 aliphatic heterocycles. The third-order valence-corrected chi connectivity index (χ3v) is 3.06. The Balaban J connectivity index is 3.15. The first-order chi connectivity index (χ1) is 12.1. The summed E-state index contributed by atoms with van der Waals surface area (Å²) in [5.74, 6) is -0.163. The van der Waals surface area contributed by atoms with Crippen LogP contribution in [0.2, 0.25) is 0 Å². The molecule has 0 heterocycles. The van der Waals surface area contributed by atoms with Crippen LogP contribution >= 0.6 is 0 Å². The maximum Gasteiger partial charge on any atom is 0.219 e. The van der Waals surface area contributed by atoms with Gasteiger partial charge in [0.15, 0.2) is 0 Å². The van der Waals surface area contributed by atoms with Crippen LogP contribution in [-0.2, 0) is 23.7 Å². The molecule has 0 fully saturated rings. The fourth-order valence-corrected chi connectivity index (χ4v) is 1.70. The molecule has 1 unspecified atom stereocenters. The molecule has 25 heavy (non-hydrogen) atoms. The lowest BCUT2D eigenvalue weighted by molar-refractivity contribution is -0.121. The number of hydrogen-bond acceptors (Lipinski definition) is 6. The summed E-state index contributed by atoms with van der Waals surface area (Å²) in [6.45, 7) is 10.1. The smallest absolute Gasteiger partial charge is 0.219 e. The second kappa shape index (κ2) is 18.0. The van der Waals surface area contributed by atoms with Crippen LogP contribution < -0.4 is 10.6 Å². The first kappa shape index (κ1) is 24.2. The number of carbonyl (C=O) groups excluding carboxylic acids is 1. The average molecular weight is 366 g/mol. The Morgan fingerprint density at radius 2 is 1.44 bits per heavy atom. The maximum atomic E-state index is 13.3. The van der Waals surface area contributed by atoms with E-state index >= 15 is 0 Å². The Labute approximate surface area is 150 Å². The van der Waals surface area contributed by atoms with Crippen LogP contribution in [0.15, 0.2) is 0 Å². The Bertz CT molecular complexity index is 309. The summed E-state index contributed by atoms with van der Waals surface area (Å²) in [4.78, 5) is 11.0. The lowest BCUT2D eigenvalue weighted by Gasteiger charge is -2.11. The molecular weight excluding hydrogens is 331 g/mol. The van der Waals surface area contributed by atoms with E-state index < -0.39 is 6.17 Å². The van der Waals surface area contributed by atoms with E-state index in [9.17, 15) is 9.18 Å². The Hall–Kier alpha value is -0.800. The van der Waals surface area contributed by atoms with Gasteiger partial charge in [-0.25, -0.2) is 4.39 Å². The summed E-state index contributed by atoms with van der Waals surface area (Å²) in [6.07, 6.45) is -0.847. The highest BCUT2D eigenvalue weighted by atomic mass is 19.1. The van der Waals surface area contributed by atoms with Crippen LogP contribution in [0.25, 0.3) is 0 Å². The summed E-state index contributed by atoms with van der Waals surface area (Å²) in [5, 5.41) is 5.74. The van der Waals surface area contributed by atoms with Gasteiger partial charge in [0, 0.05) is 19.0 Å². The second-order valence-corrected chi connectivity index (χ2v) is 5.78. The molecule has 0 aliphatic rings. The number of carbonyl (C=O) groups is 1. The van der Waals surface area contributed by atoms with Gasteiger partial charge in [-0.1, -0.05) is 20.8 Å². The standard InChI is InChI=1S/C17H35FN2O5/c1-4-17(21)20-13-16(18)14-25-12-11-24-10-9-23-8-7-22-6-5-19-15(2)3/h15-16,19H,4-14H2,1-3H3,(H,20,21). The van der Waals surface area contributed by atoms with E-state index in [1.54, 1.807) is 6.92 Å². The van der Waals surface area contributed by atoms with Crippen LogP contribution in [0.1, 0.15) is 27.2 Å². The molecule has 0 radical (unpaired) electrons. The highest BCUT2D eigenvalue weighted by Gasteiger charge is 2.07. The summed E-state index contributed by atoms with van der Waals surface area (Å²) in [6, 6.07) is 0.471. The molecule has 1 atom stereocenters. The number of rotatable bonds is 18. The van der Waals surface area contributed by atoms with E-state index in [4.69, 9.17) is 18.9 Å². The molecule has 0 aromatic carbocycles. The Kier molecular flexibility index (Phi) is 17.4. The molecule has 8 heteroatoms. The zero-order valence-electron chi connectivity index (χ0n) is 15.9. The quantitative estimate of drug-likeness (QED) is 0.351. The second-order valence-electron chi connectivity index (χ2n) is 5.78. The molecule has 0 saturated carbocycles. The van der Waals surface area contributed by atoms with Crippen molar-refractivity contribution in [1.29, 1.82) is 0 Å². The Morgan fingerprint density at radius 3 is 1.96 bits per heavy atom. The van der Waals surface area contributed by atoms with Crippen molar-refractivity contribution in [1.82, 2.24) is 10.6 Å². The van der Waals surface area contributed by atoms with Gasteiger partial charge < -0.3 is 29.6 Å². The third-order valence-electron chi connectivity index (χ3n) is 3.06. The number of amides is 1. The largest absolute Gasteiger partial charge is 0.378 e. The van der Waals surface area contributed by atoms with E-state index in [0.717, 1.165) is 6.54 Å². The van der Waals surface area contributed by atoms with Gasteiger partial charge in [0.2, 0.25) is 5.91 Å². The predicted octanol–water partition coefficient (Wildman–Crippen LogP) is 0.915. The van der Waals surface area contributed by atoms with Crippen molar-refractivity contribution in [3.8, 4) is 0 Å². The van der Waals surface area contributed by atoms with Crippen LogP contribution in [0.3, 0.4) is 0 Å². The molecule has 0 rings (SSSR count). The molecule has 150 valence electrons. The first-order valence-electron chi connectivity index (χ1n) is 9.01. The number of halogens is 1. The summed E-state index contributed by atoms with van der Waals surface area (Å²) in [7, 11) is 0. The molecule has 0 aromatic heterocycles. The zero-order valence-corrected chi connectivity index (χ0v) is 15.9. The topological polar surface area (TPSA) is 78.1 Å². The van der Waals surface area contributed by atoms with E-state index in [-0.39, 0.29) is 19.1 Å². The predicted molar refractivity (Wildman–Crippen MR) is 94.6 cm³/mol. The van der Waals surface area contributed by atoms with Gasteiger partial charge in [0.1, 0.15) is 6.17 Å². The monoisotopic (exact) mass is 366 g/mol. The van der Waals surface area contributed by atoms with Gasteiger partial charge in [-0.05, 0) is 0 Å².